The van der Waals surface area contributed by atoms with Crippen molar-refractivity contribution in [3.8, 4) is 0 Å². The number of fused-ring (bicyclic) bond motifs is 1. The van der Waals surface area contributed by atoms with Crippen LogP contribution in [0.1, 0.15) is 11.8 Å². The molecule has 0 unspecified atom stereocenters. The van der Waals surface area contributed by atoms with Crippen LogP contribution in [-0.4, -0.2) is 72.3 Å². The van der Waals surface area contributed by atoms with Gasteiger partial charge in [0.25, 0.3) is 0 Å². The van der Waals surface area contributed by atoms with Crippen molar-refractivity contribution in [3.05, 3.63) is 48.5 Å². The standard InChI is InChI=1S/C20H21N7O6/c21-16-13-17(23-7-22-16)27(8-24-13)19-14(29)12(15(33-19)20(31)32)26-18(30)11(25-9-28)6-10-4-2-1-3-5-10/h1-5,7-9,11-12,14-15,19,29H,6H2,(H,25,28)(H,26,30)(H,31,32)(H2,21,22,23)/t11-,12-,14+,15-,19+/m0/s1. The highest BCUT2D eigenvalue weighted by Gasteiger charge is 2.50. The van der Waals surface area contributed by atoms with E-state index in [4.69, 9.17) is 10.5 Å². The third kappa shape index (κ3) is 4.31. The molecule has 0 spiro atoms. The summed E-state index contributed by atoms with van der Waals surface area (Å²) in [6, 6.07) is 6.65. The quantitative estimate of drug-likeness (QED) is 0.252. The Morgan fingerprint density at radius 3 is 2.70 bits per heavy atom. The van der Waals surface area contributed by atoms with Gasteiger partial charge < -0.3 is 31.3 Å². The van der Waals surface area contributed by atoms with Crippen molar-refractivity contribution in [2.24, 2.45) is 0 Å². The first-order valence-electron chi connectivity index (χ1n) is 9.94. The van der Waals surface area contributed by atoms with E-state index in [-0.39, 0.29) is 23.4 Å². The van der Waals surface area contributed by atoms with E-state index in [1.54, 1.807) is 24.3 Å². The Morgan fingerprint density at radius 2 is 2.00 bits per heavy atom. The van der Waals surface area contributed by atoms with Gasteiger partial charge in [0, 0.05) is 6.42 Å². The van der Waals surface area contributed by atoms with Crippen LogP contribution in [-0.2, 0) is 25.5 Å². The highest BCUT2D eigenvalue weighted by molar-refractivity contribution is 5.85. The van der Waals surface area contributed by atoms with Crippen molar-refractivity contribution in [1.29, 1.82) is 0 Å². The Morgan fingerprint density at radius 1 is 1.24 bits per heavy atom. The molecule has 1 aliphatic rings. The lowest BCUT2D eigenvalue weighted by atomic mass is 10.0. The first-order valence-corrected chi connectivity index (χ1v) is 9.94. The summed E-state index contributed by atoms with van der Waals surface area (Å²) in [7, 11) is 0. The number of nitrogens with two attached hydrogens (primary N) is 1. The van der Waals surface area contributed by atoms with Gasteiger partial charge in [-0.1, -0.05) is 30.3 Å². The van der Waals surface area contributed by atoms with E-state index in [1.165, 1.54) is 17.2 Å². The van der Waals surface area contributed by atoms with Gasteiger partial charge in [0.1, 0.15) is 24.0 Å². The minimum atomic E-state index is -1.57. The SMILES string of the molecule is Nc1ncnc2c1ncn2[C@@H]1O[C@H](C(=O)O)[C@@H](NC(=O)[C@H](Cc2ccccc2)NC=O)[C@H]1O. The molecule has 3 heterocycles. The van der Waals surface area contributed by atoms with Crippen molar-refractivity contribution in [2.75, 3.05) is 5.73 Å². The van der Waals surface area contributed by atoms with Gasteiger partial charge in [0.2, 0.25) is 12.3 Å². The average molecular weight is 455 g/mol. The van der Waals surface area contributed by atoms with E-state index in [0.717, 1.165) is 5.56 Å². The fourth-order valence-electron chi connectivity index (χ4n) is 3.76. The first kappa shape index (κ1) is 22.1. The van der Waals surface area contributed by atoms with E-state index in [1.807, 2.05) is 6.07 Å². The van der Waals surface area contributed by atoms with Crippen molar-refractivity contribution in [2.45, 2.75) is 36.9 Å². The van der Waals surface area contributed by atoms with Gasteiger partial charge in [-0.3, -0.25) is 14.2 Å². The zero-order valence-corrected chi connectivity index (χ0v) is 17.1. The van der Waals surface area contributed by atoms with E-state index in [2.05, 4.69) is 25.6 Å². The minimum absolute atomic E-state index is 0.106. The Kier molecular flexibility index (Phi) is 6.15. The molecule has 4 rings (SSSR count). The average Bonchev–Trinajstić information content (AvgIpc) is 3.36. The second-order valence-electron chi connectivity index (χ2n) is 7.42. The predicted molar refractivity (Wildman–Crippen MR) is 112 cm³/mol. The number of carbonyl (C=O) groups excluding carboxylic acids is 2. The number of aliphatic hydroxyl groups excluding tert-OH is 1. The number of amides is 2. The topological polar surface area (TPSA) is 195 Å². The maximum absolute atomic E-state index is 12.9. The van der Waals surface area contributed by atoms with Crippen molar-refractivity contribution >= 4 is 35.3 Å². The highest BCUT2D eigenvalue weighted by atomic mass is 16.6. The summed E-state index contributed by atoms with van der Waals surface area (Å²) >= 11 is 0. The molecule has 0 aliphatic carbocycles. The van der Waals surface area contributed by atoms with Crippen LogP contribution in [0.5, 0.6) is 0 Å². The van der Waals surface area contributed by atoms with E-state index >= 15 is 0 Å². The number of carbonyl (C=O) groups is 3. The van der Waals surface area contributed by atoms with Crippen molar-refractivity contribution in [1.82, 2.24) is 30.2 Å². The second kappa shape index (κ2) is 9.18. The zero-order chi connectivity index (χ0) is 23.5. The summed E-state index contributed by atoms with van der Waals surface area (Å²) in [5.74, 6) is -1.95. The number of aromatic nitrogens is 4. The van der Waals surface area contributed by atoms with Gasteiger partial charge in [-0.15, -0.1) is 0 Å². The van der Waals surface area contributed by atoms with Crippen LogP contribution >= 0.6 is 0 Å². The fourth-order valence-corrected chi connectivity index (χ4v) is 3.76. The predicted octanol–water partition coefficient (Wildman–Crippen LogP) is -1.41. The zero-order valence-electron chi connectivity index (χ0n) is 17.1. The summed E-state index contributed by atoms with van der Waals surface area (Å²) in [4.78, 5) is 47.8. The fraction of sp³-hybridized carbons (Fsp3) is 0.300. The molecule has 1 fully saturated rings. The lowest BCUT2D eigenvalue weighted by molar-refractivity contribution is -0.152. The van der Waals surface area contributed by atoms with E-state index in [9.17, 15) is 24.6 Å². The third-order valence-electron chi connectivity index (χ3n) is 5.35. The minimum Gasteiger partial charge on any atom is -0.479 e. The summed E-state index contributed by atoms with van der Waals surface area (Å²) in [5.41, 5.74) is 7.05. The van der Waals surface area contributed by atoms with E-state index in [0.29, 0.717) is 6.41 Å². The van der Waals surface area contributed by atoms with Gasteiger partial charge in [0.05, 0.1) is 12.4 Å². The number of nitrogen functional groups attached to an aromatic ring is 1. The highest BCUT2D eigenvalue weighted by Crippen LogP contribution is 2.32. The Hall–Kier alpha value is -4.10. The molecule has 172 valence electrons. The maximum Gasteiger partial charge on any atom is 0.335 e. The summed E-state index contributed by atoms with van der Waals surface area (Å²) < 4.78 is 6.89. The third-order valence-corrected chi connectivity index (χ3v) is 5.35. The Balaban J connectivity index is 1.57. The number of ether oxygens (including phenoxy) is 1. The van der Waals surface area contributed by atoms with Crippen LogP contribution < -0.4 is 16.4 Å². The molecule has 33 heavy (non-hydrogen) atoms. The van der Waals surface area contributed by atoms with Crippen LogP contribution in [0, 0.1) is 0 Å². The number of aliphatic carboxylic acids is 1. The molecule has 13 nitrogen and oxygen atoms in total. The number of anilines is 1. The van der Waals surface area contributed by atoms with E-state index < -0.39 is 42.4 Å². The van der Waals surface area contributed by atoms with Crippen LogP contribution in [0.25, 0.3) is 11.2 Å². The molecular formula is C20H21N7O6. The molecule has 3 aromatic rings. The number of carboxylic acids is 1. The van der Waals surface area contributed by atoms with Gasteiger partial charge in [0.15, 0.2) is 23.8 Å². The van der Waals surface area contributed by atoms with Crippen LogP contribution in [0.4, 0.5) is 5.82 Å². The number of aliphatic hydroxyl groups is 1. The second-order valence-corrected chi connectivity index (χ2v) is 7.42. The lowest BCUT2D eigenvalue weighted by Gasteiger charge is -2.23. The number of nitrogens with zero attached hydrogens (tertiary/aromatic N) is 4. The summed E-state index contributed by atoms with van der Waals surface area (Å²) in [6.45, 7) is 0. The van der Waals surface area contributed by atoms with Crippen molar-refractivity contribution < 1.29 is 29.3 Å². The molecule has 13 heteroatoms. The number of hydrogen-bond acceptors (Lipinski definition) is 9. The number of rotatable bonds is 8. The van der Waals surface area contributed by atoms with Crippen LogP contribution in [0.2, 0.25) is 0 Å². The first-order chi connectivity index (χ1) is 15.9. The molecule has 0 radical (unpaired) electrons. The number of hydrogen-bond donors (Lipinski definition) is 5. The van der Waals surface area contributed by atoms with Gasteiger partial charge in [-0.25, -0.2) is 19.7 Å². The molecule has 5 atom stereocenters. The maximum atomic E-state index is 12.9. The lowest BCUT2D eigenvalue weighted by Crippen LogP contribution is -2.55. The number of benzene rings is 1. The largest absolute Gasteiger partial charge is 0.479 e. The van der Waals surface area contributed by atoms with Gasteiger partial charge >= 0.3 is 5.97 Å². The number of imidazole rings is 1. The summed E-state index contributed by atoms with van der Waals surface area (Å²) in [6.07, 6.45) is -1.23. The van der Waals surface area contributed by atoms with Crippen molar-refractivity contribution in [3.63, 3.8) is 0 Å². The van der Waals surface area contributed by atoms with Gasteiger partial charge in [-0.05, 0) is 5.56 Å². The summed E-state index contributed by atoms with van der Waals surface area (Å²) in [5, 5.41) is 25.5. The molecule has 0 saturated carbocycles. The number of carboxylic acid groups (broad SMARTS) is 1. The molecule has 6 N–H and O–H groups in total. The molecule has 0 bridgehead atoms. The molecule has 1 aromatic carbocycles. The molecule has 1 aliphatic heterocycles. The smallest absolute Gasteiger partial charge is 0.335 e. The Bertz CT molecular complexity index is 1170. The monoisotopic (exact) mass is 455 g/mol. The van der Waals surface area contributed by atoms with Crippen LogP contribution in [0.15, 0.2) is 43.0 Å². The molecule has 2 aromatic heterocycles. The van der Waals surface area contributed by atoms with Gasteiger partial charge in [-0.2, -0.15) is 0 Å². The molecule has 2 amide bonds. The normalized spacial score (nSPS) is 23.2. The number of nitrogens with one attached hydrogen (secondary N) is 2. The molecular weight excluding hydrogens is 434 g/mol. The molecule has 1 saturated heterocycles. The Labute approximate surface area is 186 Å². The van der Waals surface area contributed by atoms with Crippen LogP contribution in [0.3, 0.4) is 0 Å².